The number of ether oxygens (including phenoxy) is 3. The Kier molecular flexibility index (Phi) is 7.43. The quantitative estimate of drug-likeness (QED) is 0.693. The molecule has 6 heteroatoms. The highest BCUT2D eigenvalue weighted by atomic mass is 19.1. The molecule has 0 radical (unpaired) electrons. The first-order chi connectivity index (χ1) is 15.6. The Morgan fingerprint density at radius 2 is 1.91 bits per heavy atom. The molecule has 5 nitrogen and oxygen atoms in total. The molecule has 0 aliphatic carbocycles. The second kappa shape index (κ2) is 10.5. The van der Waals surface area contributed by atoms with Crippen LogP contribution in [-0.4, -0.2) is 46.0 Å². The third kappa shape index (κ3) is 5.30. The third-order valence-corrected chi connectivity index (χ3v) is 6.71. The summed E-state index contributed by atoms with van der Waals surface area (Å²) in [6.45, 7) is 3.40. The molecule has 0 saturated carbocycles. The number of carbonyl (C=O) groups excluding carboxylic acids is 1. The molecule has 1 N–H and O–H groups in total. The lowest BCUT2D eigenvalue weighted by atomic mass is 9.74. The number of rotatable bonds is 7. The highest BCUT2D eigenvalue weighted by Crippen LogP contribution is 2.36. The minimum Gasteiger partial charge on any atom is -0.496 e. The molecule has 2 saturated heterocycles. The van der Waals surface area contributed by atoms with Crippen molar-refractivity contribution in [1.82, 2.24) is 5.32 Å². The van der Waals surface area contributed by atoms with Crippen molar-refractivity contribution in [3.05, 3.63) is 53.8 Å². The van der Waals surface area contributed by atoms with Gasteiger partial charge in [0.05, 0.1) is 19.1 Å². The minimum atomic E-state index is -0.466. The number of hydrogen-bond acceptors (Lipinski definition) is 4. The largest absolute Gasteiger partial charge is 0.496 e. The molecule has 0 spiro atoms. The number of nitrogens with one attached hydrogen (secondary N) is 1. The summed E-state index contributed by atoms with van der Waals surface area (Å²) in [6.07, 6.45) is 4.23. The second-order valence-corrected chi connectivity index (χ2v) is 8.90. The van der Waals surface area contributed by atoms with Crippen molar-refractivity contribution in [3.8, 4) is 16.9 Å². The summed E-state index contributed by atoms with van der Waals surface area (Å²) < 4.78 is 30.3. The molecule has 1 amide bonds. The molecule has 1 atom stereocenters. The summed E-state index contributed by atoms with van der Waals surface area (Å²) in [5.74, 6) is 0.838. The van der Waals surface area contributed by atoms with Gasteiger partial charge in [0.25, 0.3) is 0 Å². The molecule has 2 aromatic rings. The summed E-state index contributed by atoms with van der Waals surface area (Å²) in [5, 5.41) is 3.21. The van der Waals surface area contributed by atoms with Gasteiger partial charge in [0.2, 0.25) is 5.91 Å². The van der Waals surface area contributed by atoms with Crippen molar-refractivity contribution >= 4 is 5.91 Å². The first-order valence-electron chi connectivity index (χ1n) is 11.5. The summed E-state index contributed by atoms with van der Waals surface area (Å²) in [6, 6.07) is 12.5. The molecule has 4 rings (SSSR count). The molecule has 2 fully saturated rings. The average molecular weight is 442 g/mol. The van der Waals surface area contributed by atoms with Crippen LogP contribution >= 0.6 is 0 Å². The Hall–Kier alpha value is -2.44. The summed E-state index contributed by atoms with van der Waals surface area (Å²) >= 11 is 0. The summed E-state index contributed by atoms with van der Waals surface area (Å²) in [4.78, 5) is 13.3. The lowest BCUT2D eigenvalue weighted by molar-refractivity contribution is -0.137. The maximum atomic E-state index is 13.8. The van der Waals surface area contributed by atoms with Crippen molar-refractivity contribution in [3.63, 3.8) is 0 Å². The molecule has 0 bridgehead atoms. The van der Waals surface area contributed by atoms with Crippen molar-refractivity contribution in [2.45, 2.75) is 32.1 Å². The summed E-state index contributed by atoms with van der Waals surface area (Å²) in [7, 11) is 1.58. The Bertz CT molecular complexity index is 903. The number of benzene rings is 2. The number of methoxy groups -OCH3 is 1. The molecule has 2 aromatic carbocycles. The van der Waals surface area contributed by atoms with Crippen LogP contribution in [0.4, 0.5) is 4.39 Å². The van der Waals surface area contributed by atoms with Gasteiger partial charge in [0, 0.05) is 31.9 Å². The fraction of sp³-hybridized carbons (Fsp3) is 0.500. The average Bonchev–Trinajstić information content (AvgIpc) is 2.84. The van der Waals surface area contributed by atoms with E-state index >= 15 is 0 Å². The molecule has 2 aliphatic heterocycles. The van der Waals surface area contributed by atoms with Crippen LogP contribution in [0.25, 0.3) is 11.1 Å². The summed E-state index contributed by atoms with van der Waals surface area (Å²) in [5.41, 5.74) is 2.22. The van der Waals surface area contributed by atoms with Crippen molar-refractivity contribution in [2.75, 3.05) is 40.1 Å². The van der Waals surface area contributed by atoms with Crippen LogP contribution in [0.1, 0.15) is 31.2 Å². The maximum Gasteiger partial charge on any atom is 0.226 e. The van der Waals surface area contributed by atoms with E-state index in [2.05, 4.69) is 5.32 Å². The second-order valence-electron chi connectivity index (χ2n) is 8.90. The predicted molar refractivity (Wildman–Crippen MR) is 121 cm³/mol. The van der Waals surface area contributed by atoms with E-state index in [1.54, 1.807) is 13.2 Å². The minimum absolute atomic E-state index is 0.113. The van der Waals surface area contributed by atoms with E-state index in [1.807, 2.05) is 24.3 Å². The Morgan fingerprint density at radius 3 is 2.59 bits per heavy atom. The van der Waals surface area contributed by atoms with Gasteiger partial charge < -0.3 is 19.5 Å². The SMILES string of the molecule is COc1ccc(F)cc1-c1ccc(CC2(C(=O)NCC3CCCOC3)CCOCC2)cc1. The van der Waals surface area contributed by atoms with Crippen LogP contribution in [0.5, 0.6) is 5.75 Å². The molecule has 2 aliphatic rings. The van der Waals surface area contributed by atoms with Gasteiger partial charge in [0.1, 0.15) is 11.6 Å². The van der Waals surface area contributed by atoms with Crippen LogP contribution in [0, 0.1) is 17.2 Å². The van der Waals surface area contributed by atoms with Crippen LogP contribution in [0.15, 0.2) is 42.5 Å². The maximum absolute atomic E-state index is 13.8. The highest BCUT2D eigenvalue weighted by Gasteiger charge is 2.40. The van der Waals surface area contributed by atoms with Crippen LogP contribution < -0.4 is 10.1 Å². The van der Waals surface area contributed by atoms with E-state index in [9.17, 15) is 9.18 Å². The van der Waals surface area contributed by atoms with E-state index < -0.39 is 5.41 Å². The Morgan fingerprint density at radius 1 is 1.12 bits per heavy atom. The number of halogens is 1. The van der Waals surface area contributed by atoms with E-state index in [-0.39, 0.29) is 11.7 Å². The van der Waals surface area contributed by atoms with Gasteiger partial charge in [-0.1, -0.05) is 24.3 Å². The zero-order chi connectivity index (χ0) is 22.4. The van der Waals surface area contributed by atoms with E-state index in [0.29, 0.717) is 56.3 Å². The number of carbonyl (C=O) groups is 1. The van der Waals surface area contributed by atoms with Crippen molar-refractivity contribution in [2.24, 2.45) is 11.3 Å². The molecule has 1 unspecified atom stereocenters. The highest BCUT2D eigenvalue weighted by molar-refractivity contribution is 5.83. The van der Waals surface area contributed by atoms with Gasteiger partial charge in [-0.05, 0) is 67.3 Å². The Labute approximate surface area is 189 Å². The first-order valence-corrected chi connectivity index (χ1v) is 11.5. The molecule has 2 heterocycles. The van der Waals surface area contributed by atoms with E-state index in [0.717, 1.165) is 37.2 Å². The predicted octanol–water partition coefficient (Wildman–Crippen LogP) is 4.38. The van der Waals surface area contributed by atoms with Crippen LogP contribution in [-0.2, 0) is 20.7 Å². The molecule has 32 heavy (non-hydrogen) atoms. The zero-order valence-electron chi connectivity index (χ0n) is 18.7. The molecular weight excluding hydrogens is 409 g/mol. The van der Waals surface area contributed by atoms with Gasteiger partial charge in [-0.25, -0.2) is 4.39 Å². The van der Waals surface area contributed by atoms with E-state index in [1.165, 1.54) is 12.1 Å². The third-order valence-electron chi connectivity index (χ3n) is 6.71. The van der Waals surface area contributed by atoms with Crippen LogP contribution in [0.2, 0.25) is 0 Å². The molecule has 0 aromatic heterocycles. The van der Waals surface area contributed by atoms with Gasteiger partial charge in [-0.15, -0.1) is 0 Å². The smallest absolute Gasteiger partial charge is 0.226 e. The molecule has 172 valence electrons. The molecular formula is C26H32FNO4. The van der Waals surface area contributed by atoms with Crippen LogP contribution in [0.3, 0.4) is 0 Å². The van der Waals surface area contributed by atoms with E-state index in [4.69, 9.17) is 14.2 Å². The lowest BCUT2D eigenvalue weighted by Gasteiger charge is -2.36. The standard InChI is InChI=1S/C26H32FNO4/c1-30-24-9-8-22(27)15-23(24)21-6-4-19(5-7-21)16-26(10-13-31-14-11-26)25(29)28-17-20-3-2-12-32-18-20/h4-9,15,20H,2-3,10-14,16-18H2,1H3,(H,28,29). The number of hydrogen-bond donors (Lipinski definition) is 1. The Balaban J connectivity index is 1.48. The monoisotopic (exact) mass is 441 g/mol. The fourth-order valence-electron chi connectivity index (χ4n) is 4.74. The lowest BCUT2D eigenvalue weighted by Crippen LogP contribution is -2.47. The normalized spacial score (nSPS) is 20.5. The van der Waals surface area contributed by atoms with Gasteiger partial charge in [-0.2, -0.15) is 0 Å². The van der Waals surface area contributed by atoms with Crippen molar-refractivity contribution < 1.29 is 23.4 Å². The van der Waals surface area contributed by atoms with Gasteiger partial charge >= 0.3 is 0 Å². The zero-order valence-corrected chi connectivity index (χ0v) is 18.7. The first kappa shape index (κ1) is 22.7. The topological polar surface area (TPSA) is 56.8 Å². The fourth-order valence-corrected chi connectivity index (χ4v) is 4.74. The number of amides is 1. The van der Waals surface area contributed by atoms with Gasteiger partial charge in [-0.3, -0.25) is 4.79 Å². The van der Waals surface area contributed by atoms with Crippen molar-refractivity contribution in [1.29, 1.82) is 0 Å². The van der Waals surface area contributed by atoms with Gasteiger partial charge in [0.15, 0.2) is 0 Å².